The number of fused-ring (bicyclic) bond motifs is 1. The molecule has 2 heteroatoms. The first-order valence-corrected chi connectivity index (χ1v) is 9.63. The largest absolute Gasteiger partial charge is 0.355 e. The summed E-state index contributed by atoms with van der Waals surface area (Å²) in [4.78, 5) is 4.66. The van der Waals surface area contributed by atoms with E-state index >= 15 is 0 Å². The zero-order chi connectivity index (χ0) is 18.9. The van der Waals surface area contributed by atoms with Crippen molar-refractivity contribution in [3.8, 4) is 22.3 Å². The Bertz CT molecular complexity index is 1100. The molecule has 4 aromatic carbocycles. The summed E-state index contributed by atoms with van der Waals surface area (Å²) in [6.45, 7) is 0.871. The Morgan fingerprint density at radius 2 is 1.11 bits per heavy atom. The van der Waals surface area contributed by atoms with Crippen LogP contribution >= 0.6 is 0 Å². The molecule has 0 aliphatic carbocycles. The van der Waals surface area contributed by atoms with Crippen molar-refractivity contribution in [1.29, 1.82) is 0 Å². The Morgan fingerprint density at radius 1 is 0.536 bits per heavy atom. The van der Waals surface area contributed by atoms with Crippen molar-refractivity contribution >= 4 is 17.1 Å². The molecule has 0 aromatic heterocycles. The van der Waals surface area contributed by atoms with Gasteiger partial charge in [-0.2, -0.15) is 0 Å². The van der Waals surface area contributed by atoms with Crippen molar-refractivity contribution < 1.29 is 0 Å². The second-order valence-corrected chi connectivity index (χ2v) is 7.25. The highest BCUT2D eigenvalue weighted by Gasteiger charge is 2.23. The molecule has 0 saturated carbocycles. The maximum Gasteiger partial charge on any atom is 0.0950 e. The van der Waals surface area contributed by atoms with Gasteiger partial charge in [-0.05, 0) is 46.5 Å². The molecule has 1 aliphatic heterocycles. The summed E-state index contributed by atoms with van der Waals surface area (Å²) in [5, 5.41) is 0. The highest BCUT2D eigenvalue weighted by molar-refractivity contribution is 5.83. The first kappa shape index (κ1) is 16.6. The first-order chi connectivity index (χ1) is 13.8. The third-order valence-corrected chi connectivity index (χ3v) is 5.42. The summed E-state index contributed by atoms with van der Waals surface area (Å²) < 4.78 is 0. The number of hydrogen-bond acceptors (Lipinski definition) is 2. The van der Waals surface area contributed by atoms with Gasteiger partial charge in [0.25, 0.3) is 0 Å². The third-order valence-electron chi connectivity index (χ3n) is 5.42. The topological polar surface area (TPSA) is 6.48 Å². The Labute approximate surface area is 166 Å². The molecule has 2 nitrogen and oxygen atoms in total. The van der Waals surface area contributed by atoms with Gasteiger partial charge in [0, 0.05) is 12.7 Å². The van der Waals surface area contributed by atoms with Crippen LogP contribution < -0.4 is 9.80 Å². The van der Waals surface area contributed by atoms with E-state index in [-0.39, 0.29) is 0 Å². The normalized spacial score (nSPS) is 12.9. The molecule has 0 unspecified atom stereocenters. The summed E-state index contributed by atoms with van der Waals surface area (Å²) in [6.07, 6.45) is 0. The van der Waals surface area contributed by atoms with Crippen LogP contribution in [0.2, 0.25) is 0 Å². The second-order valence-electron chi connectivity index (χ2n) is 7.25. The maximum absolute atomic E-state index is 2.37. The van der Waals surface area contributed by atoms with Crippen molar-refractivity contribution in [3.63, 3.8) is 0 Å². The van der Waals surface area contributed by atoms with Gasteiger partial charge in [0.05, 0.1) is 18.0 Å². The van der Waals surface area contributed by atoms with Crippen LogP contribution in [0.5, 0.6) is 0 Å². The van der Waals surface area contributed by atoms with Crippen molar-refractivity contribution in [2.75, 3.05) is 23.5 Å². The summed E-state index contributed by atoms with van der Waals surface area (Å²) >= 11 is 0. The van der Waals surface area contributed by atoms with Crippen molar-refractivity contribution in [3.05, 3.63) is 103 Å². The van der Waals surface area contributed by atoms with Crippen LogP contribution in [-0.4, -0.2) is 13.7 Å². The summed E-state index contributed by atoms with van der Waals surface area (Å²) in [5.74, 6) is 0. The van der Waals surface area contributed by atoms with E-state index in [0.717, 1.165) is 6.67 Å². The number of benzene rings is 4. The fraction of sp³-hybridized carbons (Fsp3) is 0.0769. The van der Waals surface area contributed by atoms with E-state index in [0.29, 0.717) is 0 Å². The number of hydrogen-bond donors (Lipinski definition) is 0. The highest BCUT2D eigenvalue weighted by atomic mass is 15.4. The zero-order valence-corrected chi connectivity index (χ0v) is 15.9. The number of nitrogens with zero attached hydrogens (tertiary/aromatic N) is 2. The molecule has 0 fully saturated rings. The van der Waals surface area contributed by atoms with Crippen LogP contribution in [0.1, 0.15) is 0 Å². The molecule has 1 aliphatic rings. The smallest absolute Gasteiger partial charge is 0.0950 e. The lowest BCUT2D eigenvalue weighted by atomic mass is 10.00. The molecule has 5 rings (SSSR count). The molecule has 0 bridgehead atoms. The van der Waals surface area contributed by atoms with Crippen LogP contribution in [0, 0.1) is 0 Å². The summed E-state index contributed by atoms with van der Waals surface area (Å²) in [7, 11) is 2.14. The van der Waals surface area contributed by atoms with Crippen LogP contribution in [0.4, 0.5) is 17.1 Å². The van der Waals surface area contributed by atoms with E-state index in [1.165, 1.54) is 39.3 Å². The molecule has 0 atom stereocenters. The number of rotatable bonds is 3. The molecular weight excluding hydrogens is 340 g/mol. The van der Waals surface area contributed by atoms with E-state index in [9.17, 15) is 0 Å². The molecular formula is C26H22N2. The predicted octanol–water partition coefficient (Wildman–Crippen LogP) is 6.57. The van der Waals surface area contributed by atoms with Gasteiger partial charge in [-0.3, -0.25) is 0 Å². The van der Waals surface area contributed by atoms with Crippen molar-refractivity contribution in [2.45, 2.75) is 0 Å². The lowest BCUT2D eigenvalue weighted by Gasteiger charge is -2.20. The molecule has 4 aromatic rings. The lowest BCUT2D eigenvalue weighted by molar-refractivity contribution is 0.950. The summed E-state index contributed by atoms with van der Waals surface area (Å²) in [6, 6.07) is 36.8. The Hall–Kier alpha value is -3.52. The van der Waals surface area contributed by atoms with E-state index in [1.807, 2.05) is 0 Å². The quantitative estimate of drug-likeness (QED) is 0.407. The Balaban J connectivity index is 1.47. The highest BCUT2D eigenvalue weighted by Crippen LogP contribution is 2.40. The first-order valence-electron chi connectivity index (χ1n) is 9.63. The standard InChI is InChI=1S/C26H22N2/c1-27-19-28(26-13-6-5-12-25(26)27)24-11-7-10-23(18-24)22-16-14-21(15-17-22)20-8-3-2-4-9-20/h2-18H,19H2,1H3. The van der Waals surface area contributed by atoms with Gasteiger partial charge in [0.1, 0.15) is 0 Å². The van der Waals surface area contributed by atoms with Gasteiger partial charge < -0.3 is 9.80 Å². The zero-order valence-electron chi connectivity index (χ0n) is 15.9. The molecule has 28 heavy (non-hydrogen) atoms. The Morgan fingerprint density at radius 3 is 1.86 bits per heavy atom. The molecule has 0 spiro atoms. The molecule has 0 N–H and O–H groups in total. The van der Waals surface area contributed by atoms with E-state index < -0.39 is 0 Å². The second kappa shape index (κ2) is 6.90. The molecule has 136 valence electrons. The lowest BCUT2D eigenvalue weighted by Crippen LogP contribution is -2.23. The van der Waals surface area contributed by atoms with Crippen LogP contribution in [0.3, 0.4) is 0 Å². The number of para-hydroxylation sites is 2. The van der Waals surface area contributed by atoms with E-state index in [1.54, 1.807) is 0 Å². The van der Waals surface area contributed by atoms with Gasteiger partial charge in [0.15, 0.2) is 0 Å². The molecule has 1 heterocycles. The van der Waals surface area contributed by atoms with Crippen molar-refractivity contribution in [1.82, 2.24) is 0 Å². The molecule has 0 radical (unpaired) electrons. The van der Waals surface area contributed by atoms with Gasteiger partial charge in [-0.15, -0.1) is 0 Å². The fourth-order valence-corrected chi connectivity index (χ4v) is 3.94. The molecule has 0 amide bonds. The minimum atomic E-state index is 0.871. The summed E-state index contributed by atoms with van der Waals surface area (Å²) in [5.41, 5.74) is 8.74. The number of anilines is 3. The average molecular weight is 362 g/mol. The molecule has 0 saturated heterocycles. The van der Waals surface area contributed by atoms with Gasteiger partial charge in [-0.1, -0.05) is 78.9 Å². The maximum atomic E-state index is 2.37. The van der Waals surface area contributed by atoms with Gasteiger partial charge in [-0.25, -0.2) is 0 Å². The van der Waals surface area contributed by atoms with E-state index in [4.69, 9.17) is 0 Å². The van der Waals surface area contributed by atoms with Gasteiger partial charge in [0.2, 0.25) is 0 Å². The van der Waals surface area contributed by atoms with Crippen molar-refractivity contribution in [2.24, 2.45) is 0 Å². The van der Waals surface area contributed by atoms with Crippen LogP contribution in [0.25, 0.3) is 22.3 Å². The SMILES string of the molecule is CN1CN(c2cccc(-c3ccc(-c4ccccc4)cc3)c2)c2ccccc21. The minimum absolute atomic E-state index is 0.871. The minimum Gasteiger partial charge on any atom is -0.355 e. The Kier molecular flexibility index (Phi) is 4.10. The van der Waals surface area contributed by atoms with Gasteiger partial charge >= 0.3 is 0 Å². The monoisotopic (exact) mass is 362 g/mol. The third kappa shape index (κ3) is 2.93. The average Bonchev–Trinajstić information content (AvgIpc) is 3.11. The van der Waals surface area contributed by atoms with E-state index in [2.05, 4.69) is 120 Å². The van der Waals surface area contributed by atoms with Crippen LogP contribution in [0.15, 0.2) is 103 Å². The predicted molar refractivity (Wildman–Crippen MR) is 119 cm³/mol. The van der Waals surface area contributed by atoms with Crippen LogP contribution in [-0.2, 0) is 0 Å². The fourth-order valence-electron chi connectivity index (χ4n) is 3.94.